The number of amides is 1. The van der Waals surface area contributed by atoms with E-state index in [1.54, 1.807) is 37.3 Å². The topological polar surface area (TPSA) is 77.0 Å². The van der Waals surface area contributed by atoms with Crippen LogP contribution in [0, 0.1) is 0 Å². The molecule has 0 spiro atoms. The number of thiophene rings is 1. The number of nitrogens with zero attached hydrogens (tertiary/aromatic N) is 1. The number of para-hydroxylation sites is 1. The maximum absolute atomic E-state index is 12.7. The second kappa shape index (κ2) is 10.8. The summed E-state index contributed by atoms with van der Waals surface area (Å²) < 4.78 is 12.8. The lowest BCUT2D eigenvalue weighted by Gasteiger charge is -2.13. The van der Waals surface area contributed by atoms with Gasteiger partial charge in [-0.25, -0.2) is 10.2 Å². The molecular formula is C25H18BrClN2O4S. The number of hydrazone groups is 1. The predicted molar refractivity (Wildman–Crippen MR) is 138 cm³/mol. The molecule has 0 aliphatic heterocycles. The van der Waals surface area contributed by atoms with Gasteiger partial charge in [-0.1, -0.05) is 54.1 Å². The summed E-state index contributed by atoms with van der Waals surface area (Å²) in [5.41, 5.74) is 3.08. The quantitative estimate of drug-likeness (QED) is 0.123. The number of nitrogens with one attached hydrogen (secondary N) is 1. The number of benzene rings is 3. The number of fused-ring (bicyclic) bond motifs is 1. The number of carbonyl (C=O) groups excluding carboxylic acids is 2. The van der Waals surface area contributed by atoms with Gasteiger partial charge in [-0.15, -0.1) is 11.3 Å². The number of hydrogen-bond acceptors (Lipinski definition) is 6. The second-order valence-corrected chi connectivity index (χ2v) is 9.41. The number of carbonyl (C=O) groups is 2. The monoisotopic (exact) mass is 556 g/mol. The molecule has 1 heterocycles. The van der Waals surface area contributed by atoms with E-state index in [-0.39, 0.29) is 0 Å². The Bertz CT molecular complexity index is 1390. The van der Waals surface area contributed by atoms with Gasteiger partial charge in [0, 0.05) is 10.1 Å². The third-order valence-electron chi connectivity index (χ3n) is 4.69. The van der Waals surface area contributed by atoms with Gasteiger partial charge in [0.25, 0.3) is 5.91 Å². The molecule has 1 atom stereocenters. The minimum absolute atomic E-state index is 0.333. The molecule has 34 heavy (non-hydrogen) atoms. The van der Waals surface area contributed by atoms with E-state index < -0.39 is 18.0 Å². The molecule has 0 saturated carbocycles. The zero-order valence-corrected chi connectivity index (χ0v) is 21.0. The van der Waals surface area contributed by atoms with Crippen molar-refractivity contribution in [1.82, 2.24) is 5.43 Å². The van der Waals surface area contributed by atoms with Crippen LogP contribution in [0.5, 0.6) is 11.5 Å². The first-order valence-corrected chi connectivity index (χ1v) is 12.1. The largest absolute Gasteiger partial charge is 0.480 e. The molecule has 0 fully saturated rings. The van der Waals surface area contributed by atoms with Crippen molar-refractivity contribution in [3.8, 4) is 11.5 Å². The summed E-state index contributed by atoms with van der Waals surface area (Å²) in [6.45, 7) is 1.63. The molecule has 4 rings (SSSR count). The molecule has 3 aromatic carbocycles. The average Bonchev–Trinajstić information content (AvgIpc) is 3.17. The number of hydrogen-bond donors (Lipinski definition) is 1. The maximum Gasteiger partial charge on any atom is 0.355 e. The molecule has 1 aromatic heterocycles. The fraction of sp³-hybridized carbons (Fsp3) is 0.0800. The molecule has 0 radical (unpaired) electrons. The van der Waals surface area contributed by atoms with E-state index in [1.165, 1.54) is 17.6 Å². The highest BCUT2D eigenvalue weighted by Gasteiger charge is 2.19. The Kier molecular flexibility index (Phi) is 7.62. The Hall–Kier alpha value is -3.20. The lowest BCUT2D eigenvalue weighted by atomic mass is 10.2. The summed E-state index contributed by atoms with van der Waals surface area (Å²) in [5, 5.41) is 5.17. The molecular weight excluding hydrogens is 540 g/mol. The Morgan fingerprint density at radius 2 is 1.85 bits per heavy atom. The number of esters is 1. The highest BCUT2D eigenvalue weighted by Crippen LogP contribution is 2.35. The van der Waals surface area contributed by atoms with Crippen molar-refractivity contribution in [1.29, 1.82) is 0 Å². The molecule has 4 aromatic rings. The van der Waals surface area contributed by atoms with Crippen LogP contribution in [-0.4, -0.2) is 24.2 Å². The SMILES string of the molecule is CC(Oc1ccccc1Br)C(=O)N/N=C/c1cccc(OC(=O)c2sc3ccccc3c2Cl)c1. The van der Waals surface area contributed by atoms with Crippen LogP contribution < -0.4 is 14.9 Å². The Balaban J connectivity index is 1.37. The fourth-order valence-corrected chi connectivity index (χ4v) is 4.77. The first-order valence-electron chi connectivity index (χ1n) is 10.2. The molecule has 1 N–H and O–H groups in total. The summed E-state index contributed by atoms with van der Waals surface area (Å²) in [6.07, 6.45) is 0.696. The van der Waals surface area contributed by atoms with Gasteiger partial charge in [-0.05, 0) is 58.7 Å². The standard InChI is InChI=1S/C25H18BrClN2O4S/c1-15(32-20-11-4-3-10-19(20)26)24(30)29-28-14-16-7-6-8-17(13-16)33-25(31)23-22(27)18-9-2-5-12-21(18)34-23/h2-15H,1H3,(H,29,30)/b28-14+. The van der Waals surface area contributed by atoms with Crippen LogP contribution in [0.1, 0.15) is 22.2 Å². The first-order chi connectivity index (χ1) is 16.4. The molecule has 9 heteroatoms. The normalized spacial score (nSPS) is 12.0. The van der Waals surface area contributed by atoms with Gasteiger partial charge < -0.3 is 9.47 Å². The van der Waals surface area contributed by atoms with Gasteiger partial charge in [0.15, 0.2) is 6.10 Å². The first kappa shape index (κ1) is 23.9. The van der Waals surface area contributed by atoms with Crippen molar-refractivity contribution in [3.63, 3.8) is 0 Å². The fourth-order valence-electron chi connectivity index (χ4n) is 3.00. The van der Waals surface area contributed by atoms with Crippen molar-refractivity contribution < 1.29 is 19.1 Å². The lowest BCUT2D eigenvalue weighted by molar-refractivity contribution is -0.127. The molecule has 0 saturated heterocycles. The molecule has 172 valence electrons. The summed E-state index contributed by atoms with van der Waals surface area (Å²) in [5.74, 6) is -0.0533. The van der Waals surface area contributed by atoms with E-state index >= 15 is 0 Å². The minimum atomic E-state index is -0.755. The van der Waals surface area contributed by atoms with Crippen molar-refractivity contribution in [2.75, 3.05) is 0 Å². The molecule has 6 nitrogen and oxygen atoms in total. The van der Waals surface area contributed by atoms with E-state index in [1.807, 2.05) is 42.5 Å². The van der Waals surface area contributed by atoms with Gasteiger partial charge in [0.05, 0.1) is 15.7 Å². The van der Waals surface area contributed by atoms with Gasteiger partial charge >= 0.3 is 5.97 Å². The van der Waals surface area contributed by atoms with Crippen LogP contribution in [-0.2, 0) is 4.79 Å². The van der Waals surface area contributed by atoms with Crippen molar-refractivity contribution >= 4 is 67.0 Å². The van der Waals surface area contributed by atoms with Gasteiger partial charge in [-0.3, -0.25) is 4.79 Å². The van der Waals surface area contributed by atoms with Crippen LogP contribution >= 0.6 is 38.9 Å². The van der Waals surface area contributed by atoms with Crippen molar-refractivity contribution in [2.24, 2.45) is 5.10 Å². The summed E-state index contributed by atoms with van der Waals surface area (Å²) >= 11 is 11.0. The molecule has 0 bridgehead atoms. The molecule has 1 unspecified atom stereocenters. The predicted octanol–water partition coefficient (Wildman–Crippen LogP) is 6.45. The lowest BCUT2D eigenvalue weighted by Crippen LogP contribution is -2.33. The van der Waals surface area contributed by atoms with Crippen LogP contribution in [0.2, 0.25) is 5.02 Å². The summed E-state index contributed by atoms with van der Waals surface area (Å²) in [7, 11) is 0. The van der Waals surface area contributed by atoms with Crippen LogP contribution in [0.4, 0.5) is 0 Å². The van der Waals surface area contributed by atoms with E-state index in [0.717, 1.165) is 14.6 Å². The van der Waals surface area contributed by atoms with E-state index in [4.69, 9.17) is 21.1 Å². The number of halogens is 2. The van der Waals surface area contributed by atoms with Crippen LogP contribution in [0.25, 0.3) is 10.1 Å². The zero-order chi connectivity index (χ0) is 24.1. The number of rotatable bonds is 7. The summed E-state index contributed by atoms with van der Waals surface area (Å²) in [4.78, 5) is 25.3. The maximum atomic E-state index is 12.7. The Morgan fingerprint density at radius 3 is 2.65 bits per heavy atom. The Morgan fingerprint density at radius 1 is 1.09 bits per heavy atom. The Labute approximate surface area is 213 Å². The highest BCUT2D eigenvalue weighted by atomic mass is 79.9. The molecule has 1 amide bonds. The molecule has 0 aliphatic carbocycles. The zero-order valence-electron chi connectivity index (χ0n) is 17.8. The van der Waals surface area contributed by atoms with E-state index in [2.05, 4.69) is 26.5 Å². The van der Waals surface area contributed by atoms with Gasteiger partial charge in [-0.2, -0.15) is 5.10 Å². The minimum Gasteiger partial charge on any atom is -0.480 e. The van der Waals surface area contributed by atoms with Crippen molar-refractivity contribution in [3.05, 3.63) is 92.7 Å². The number of ether oxygens (including phenoxy) is 2. The second-order valence-electron chi connectivity index (χ2n) is 7.13. The average molecular weight is 558 g/mol. The van der Waals surface area contributed by atoms with Crippen molar-refractivity contribution in [2.45, 2.75) is 13.0 Å². The van der Waals surface area contributed by atoms with Gasteiger partial charge in [0.1, 0.15) is 16.4 Å². The third-order valence-corrected chi connectivity index (χ3v) is 7.00. The smallest absolute Gasteiger partial charge is 0.355 e. The third kappa shape index (κ3) is 5.64. The molecule has 0 aliphatic rings. The van der Waals surface area contributed by atoms with Crippen LogP contribution in [0.15, 0.2) is 82.4 Å². The summed E-state index contributed by atoms with van der Waals surface area (Å²) in [6, 6.07) is 21.5. The van der Waals surface area contributed by atoms with E-state index in [9.17, 15) is 9.59 Å². The van der Waals surface area contributed by atoms with Crippen LogP contribution in [0.3, 0.4) is 0 Å². The van der Waals surface area contributed by atoms with Gasteiger partial charge in [0.2, 0.25) is 0 Å². The van der Waals surface area contributed by atoms with E-state index in [0.29, 0.717) is 27.0 Å². The highest BCUT2D eigenvalue weighted by molar-refractivity contribution is 9.10.